The van der Waals surface area contributed by atoms with Crippen LogP contribution in [0.15, 0.2) is 34.9 Å². The zero-order valence-electron chi connectivity index (χ0n) is 8.11. The number of anilines is 3. The molecule has 0 fully saturated rings. The van der Waals surface area contributed by atoms with Crippen molar-refractivity contribution in [3.63, 3.8) is 0 Å². The first kappa shape index (κ1) is 10.8. The van der Waals surface area contributed by atoms with Gasteiger partial charge in [-0.15, -0.1) is 0 Å². The van der Waals surface area contributed by atoms with Crippen LogP contribution in [-0.4, -0.2) is 9.97 Å². The van der Waals surface area contributed by atoms with Gasteiger partial charge in [0.2, 0.25) is 5.95 Å². The lowest BCUT2D eigenvalue weighted by Gasteiger charge is -2.05. The Morgan fingerprint density at radius 1 is 1.19 bits per heavy atom. The monoisotopic (exact) mass is 282 g/mol. The minimum absolute atomic E-state index is 0.291. The molecule has 0 amide bonds. The van der Waals surface area contributed by atoms with Crippen LogP contribution in [0, 0.1) is 5.82 Å². The van der Waals surface area contributed by atoms with Gasteiger partial charge in [-0.1, -0.05) is 0 Å². The number of aromatic nitrogens is 2. The molecular weight excluding hydrogens is 275 g/mol. The molecule has 0 saturated carbocycles. The average molecular weight is 283 g/mol. The van der Waals surface area contributed by atoms with Gasteiger partial charge in [0.25, 0.3) is 0 Å². The Kier molecular flexibility index (Phi) is 3.00. The van der Waals surface area contributed by atoms with Crippen LogP contribution in [0.5, 0.6) is 0 Å². The highest BCUT2D eigenvalue weighted by atomic mass is 79.9. The highest BCUT2D eigenvalue weighted by Crippen LogP contribution is 2.17. The van der Waals surface area contributed by atoms with Crippen molar-refractivity contribution in [2.45, 2.75) is 0 Å². The molecule has 0 bridgehead atoms. The molecule has 2 rings (SSSR count). The van der Waals surface area contributed by atoms with Gasteiger partial charge in [0.15, 0.2) is 0 Å². The largest absolute Gasteiger partial charge is 0.383 e. The highest BCUT2D eigenvalue weighted by Gasteiger charge is 2.01. The van der Waals surface area contributed by atoms with Gasteiger partial charge in [-0.3, -0.25) is 0 Å². The molecule has 0 radical (unpaired) electrons. The molecule has 0 aliphatic rings. The summed E-state index contributed by atoms with van der Waals surface area (Å²) in [5.41, 5.74) is 6.25. The van der Waals surface area contributed by atoms with Crippen molar-refractivity contribution in [3.8, 4) is 0 Å². The number of hydrogen-bond donors (Lipinski definition) is 2. The first-order chi connectivity index (χ1) is 7.63. The molecule has 1 aromatic heterocycles. The predicted molar refractivity (Wildman–Crippen MR) is 63.8 cm³/mol. The maximum absolute atomic E-state index is 12.7. The Morgan fingerprint density at radius 2 is 1.88 bits per heavy atom. The fourth-order valence-electron chi connectivity index (χ4n) is 1.15. The number of hydrogen-bond acceptors (Lipinski definition) is 4. The molecule has 4 nitrogen and oxygen atoms in total. The lowest BCUT2D eigenvalue weighted by atomic mass is 10.3. The zero-order chi connectivity index (χ0) is 11.5. The van der Waals surface area contributed by atoms with Crippen LogP contribution in [0.25, 0.3) is 0 Å². The number of halogens is 2. The van der Waals surface area contributed by atoms with Crippen LogP contribution in [0.1, 0.15) is 0 Å². The van der Waals surface area contributed by atoms with E-state index in [9.17, 15) is 4.39 Å². The van der Waals surface area contributed by atoms with Crippen molar-refractivity contribution in [1.29, 1.82) is 0 Å². The smallest absolute Gasteiger partial charge is 0.230 e. The third-order valence-electron chi connectivity index (χ3n) is 1.82. The Hall–Kier alpha value is -1.69. The fraction of sp³-hybridized carbons (Fsp3) is 0. The van der Waals surface area contributed by atoms with Crippen LogP contribution in [0.3, 0.4) is 0 Å². The molecule has 1 heterocycles. The zero-order valence-corrected chi connectivity index (χ0v) is 9.70. The second-order valence-electron chi connectivity index (χ2n) is 3.07. The summed E-state index contributed by atoms with van der Waals surface area (Å²) in [6.07, 6.45) is 0. The molecule has 2 aromatic rings. The van der Waals surface area contributed by atoms with Crippen molar-refractivity contribution in [2.75, 3.05) is 11.1 Å². The maximum atomic E-state index is 12.7. The first-order valence-corrected chi connectivity index (χ1v) is 5.25. The number of nitrogens with two attached hydrogens (primary N) is 1. The van der Waals surface area contributed by atoms with Crippen LogP contribution in [0.4, 0.5) is 21.8 Å². The molecule has 0 aliphatic carbocycles. The van der Waals surface area contributed by atoms with Crippen LogP contribution in [0.2, 0.25) is 0 Å². The van der Waals surface area contributed by atoms with Crippen molar-refractivity contribution in [2.24, 2.45) is 0 Å². The molecule has 0 saturated heterocycles. The summed E-state index contributed by atoms with van der Waals surface area (Å²) in [5, 5.41) is 2.91. The number of nitrogens with one attached hydrogen (secondary N) is 1. The van der Waals surface area contributed by atoms with E-state index in [0.717, 1.165) is 0 Å². The van der Waals surface area contributed by atoms with Gasteiger partial charge in [-0.2, -0.15) is 4.98 Å². The Labute approximate surface area is 99.9 Å². The lowest BCUT2D eigenvalue weighted by Crippen LogP contribution is -2.00. The van der Waals surface area contributed by atoms with Crippen LogP contribution in [-0.2, 0) is 0 Å². The summed E-state index contributed by atoms with van der Waals surface area (Å²) in [6.45, 7) is 0. The summed E-state index contributed by atoms with van der Waals surface area (Å²) < 4.78 is 13.3. The number of benzene rings is 1. The summed E-state index contributed by atoms with van der Waals surface area (Å²) >= 11 is 3.21. The first-order valence-electron chi connectivity index (χ1n) is 4.46. The van der Waals surface area contributed by atoms with E-state index in [-0.39, 0.29) is 5.82 Å². The topological polar surface area (TPSA) is 63.8 Å². The van der Waals surface area contributed by atoms with Crippen LogP contribution < -0.4 is 11.1 Å². The Morgan fingerprint density at radius 3 is 2.50 bits per heavy atom. The molecule has 3 N–H and O–H groups in total. The molecule has 0 atom stereocenters. The lowest BCUT2D eigenvalue weighted by molar-refractivity contribution is 0.628. The normalized spacial score (nSPS) is 10.1. The predicted octanol–water partition coefficient (Wildman–Crippen LogP) is 2.70. The van der Waals surface area contributed by atoms with E-state index < -0.39 is 0 Å². The van der Waals surface area contributed by atoms with E-state index in [4.69, 9.17) is 5.73 Å². The quantitative estimate of drug-likeness (QED) is 0.832. The summed E-state index contributed by atoms with van der Waals surface area (Å²) in [6, 6.07) is 7.48. The second-order valence-corrected chi connectivity index (χ2v) is 3.88. The molecule has 16 heavy (non-hydrogen) atoms. The Bertz CT molecular complexity index is 480. The van der Waals surface area contributed by atoms with E-state index in [2.05, 4.69) is 31.2 Å². The minimum Gasteiger partial charge on any atom is -0.383 e. The third-order valence-corrected chi connectivity index (χ3v) is 2.22. The molecular formula is C10H8BrFN4. The number of nitrogen functional groups attached to an aromatic ring is 1. The van der Waals surface area contributed by atoms with E-state index >= 15 is 0 Å². The highest BCUT2D eigenvalue weighted by molar-refractivity contribution is 9.10. The van der Waals surface area contributed by atoms with Crippen molar-refractivity contribution < 1.29 is 4.39 Å². The standard InChI is InChI=1S/C10H8BrFN4/c11-8-5-9(13)16-10(15-8)14-7-3-1-6(12)2-4-7/h1-5H,(H3,13,14,15,16). The summed E-state index contributed by atoms with van der Waals surface area (Å²) in [4.78, 5) is 8.06. The van der Waals surface area contributed by atoms with Crippen molar-refractivity contribution >= 4 is 33.4 Å². The van der Waals surface area contributed by atoms with Gasteiger partial charge >= 0.3 is 0 Å². The van der Waals surface area contributed by atoms with E-state index in [1.54, 1.807) is 18.2 Å². The molecule has 6 heteroatoms. The van der Waals surface area contributed by atoms with Crippen LogP contribution >= 0.6 is 15.9 Å². The summed E-state index contributed by atoms with van der Waals surface area (Å²) in [5.74, 6) is 0.421. The Balaban J connectivity index is 2.23. The van der Waals surface area contributed by atoms with Gasteiger partial charge in [0, 0.05) is 11.8 Å². The summed E-state index contributed by atoms with van der Waals surface area (Å²) in [7, 11) is 0. The van der Waals surface area contributed by atoms with Crippen molar-refractivity contribution in [3.05, 3.63) is 40.8 Å². The maximum Gasteiger partial charge on any atom is 0.230 e. The van der Waals surface area contributed by atoms with Gasteiger partial charge in [0.05, 0.1) is 0 Å². The van der Waals surface area contributed by atoms with Crippen molar-refractivity contribution in [1.82, 2.24) is 9.97 Å². The van der Waals surface area contributed by atoms with E-state index in [1.807, 2.05) is 0 Å². The molecule has 0 spiro atoms. The number of nitrogens with zero attached hydrogens (tertiary/aromatic N) is 2. The van der Waals surface area contributed by atoms with Gasteiger partial charge in [0.1, 0.15) is 16.2 Å². The second kappa shape index (κ2) is 4.44. The van der Waals surface area contributed by atoms with Gasteiger partial charge in [-0.05, 0) is 40.2 Å². The van der Waals surface area contributed by atoms with Gasteiger partial charge in [-0.25, -0.2) is 9.37 Å². The average Bonchev–Trinajstić information content (AvgIpc) is 2.20. The molecule has 1 aromatic carbocycles. The molecule has 0 unspecified atom stereocenters. The van der Waals surface area contributed by atoms with E-state index in [0.29, 0.717) is 22.1 Å². The van der Waals surface area contributed by atoms with E-state index in [1.165, 1.54) is 12.1 Å². The molecule has 82 valence electrons. The minimum atomic E-state index is -0.291. The SMILES string of the molecule is Nc1cc(Br)nc(Nc2ccc(F)cc2)n1. The molecule has 0 aliphatic heterocycles. The number of rotatable bonds is 2. The third kappa shape index (κ3) is 2.66. The fourth-order valence-corrected chi connectivity index (χ4v) is 1.56. The van der Waals surface area contributed by atoms with Gasteiger partial charge < -0.3 is 11.1 Å².